The number of benzene rings is 1. The van der Waals surface area contributed by atoms with Gasteiger partial charge in [0.1, 0.15) is 5.75 Å². The summed E-state index contributed by atoms with van der Waals surface area (Å²) >= 11 is 11.9. The summed E-state index contributed by atoms with van der Waals surface area (Å²) in [4.78, 5) is 12.5. The molecule has 0 unspecified atom stereocenters. The van der Waals surface area contributed by atoms with E-state index < -0.39 is 5.60 Å². The van der Waals surface area contributed by atoms with E-state index in [0.717, 1.165) is 32.1 Å². The SMILES string of the molecule is O=C(CCCOc1ccc(Cl)cc1Cl)N[C@]12C[C@@H]3C[C@@H](C[C@@](O)(C3)C1)C2. The van der Waals surface area contributed by atoms with Gasteiger partial charge in [0.15, 0.2) is 0 Å². The predicted octanol–water partition coefficient (Wildman–Crippen LogP) is 4.35. The van der Waals surface area contributed by atoms with E-state index in [0.29, 0.717) is 47.1 Å². The smallest absolute Gasteiger partial charge is 0.220 e. The van der Waals surface area contributed by atoms with Gasteiger partial charge in [-0.25, -0.2) is 0 Å². The molecule has 142 valence electrons. The van der Waals surface area contributed by atoms with Crippen molar-refractivity contribution in [1.29, 1.82) is 0 Å². The average molecular weight is 398 g/mol. The van der Waals surface area contributed by atoms with Crippen LogP contribution >= 0.6 is 23.2 Å². The number of nitrogens with one attached hydrogen (secondary N) is 1. The fourth-order valence-corrected chi connectivity index (χ4v) is 6.19. The number of aliphatic hydroxyl groups is 1. The lowest BCUT2D eigenvalue weighted by molar-refractivity contribution is -0.151. The van der Waals surface area contributed by atoms with E-state index in [-0.39, 0.29) is 11.4 Å². The average Bonchev–Trinajstić information content (AvgIpc) is 2.50. The first-order chi connectivity index (χ1) is 12.3. The molecule has 26 heavy (non-hydrogen) atoms. The molecule has 4 nitrogen and oxygen atoms in total. The molecule has 0 spiro atoms. The lowest BCUT2D eigenvalue weighted by Gasteiger charge is -2.60. The molecule has 0 heterocycles. The van der Waals surface area contributed by atoms with Crippen LogP contribution in [0.2, 0.25) is 10.0 Å². The van der Waals surface area contributed by atoms with E-state index in [4.69, 9.17) is 27.9 Å². The molecular formula is C20H25Cl2NO3. The molecule has 1 amide bonds. The highest BCUT2D eigenvalue weighted by Crippen LogP contribution is 2.57. The molecule has 6 heteroatoms. The van der Waals surface area contributed by atoms with Gasteiger partial charge in [-0.3, -0.25) is 4.79 Å². The van der Waals surface area contributed by atoms with Crippen LogP contribution in [-0.2, 0) is 4.79 Å². The summed E-state index contributed by atoms with van der Waals surface area (Å²) in [6.45, 7) is 0.428. The number of amides is 1. The number of hydrogen-bond donors (Lipinski definition) is 2. The molecule has 4 fully saturated rings. The van der Waals surface area contributed by atoms with Crippen LogP contribution in [0, 0.1) is 11.8 Å². The number of carbonyl (C=O) groups excluding carboxylic acids is 1. The van der Waals surface area contributed by atoms with E-state index in [1.54, 1.807) is 18.2 Å². The van der Waals surface area contributed by atoms with E-state index in [1.165, 1.54) is 6.42 Å². The molecule has 4 atom stereocenters. The summed E-state index contributed by atoms with van der Waals surface area (Å²) in [5.41, 5.74) is -0.734. The van der Waals surface area contributed by atoms with Crippen molar-refractivity contribution in [3.8, 4) is 5.75 Å². The topological polar surface area (TPSA) is 58.6 Å². The minimum Gasteiger partial charge on any atom is -0.492 e. The molecular weight excluding hydrogens is 373 g/mol. The van der Waals surface area contributed by atoms with Crippen molar-refractivity contribution in [1.82, 2.24) is 5.32 Å². The van der Waals surface area contributed by atoms with Crippen LogP contribution in [0.5, 0.6) is 5.75 Å². The van der Waals surface area contributed by atoms with Crippen LogP contribution in [0.1, 0.15) is 51.4 Å². The van der Waals surface area contributed by atoms with Gasteiger partial charge < -0.3 is 15.2 Å². The third kappa shape index (κ3) is 3.83. The minimum atomic E-state index is -0.550. The lowest BCUT2D eigenvalue weighted by Crippen LogP contribution is -2.65. The van der Waals surface area contributed by atoms with Gasteiger partial charge in [-0.15, -0.1) is 0 Å². The van der Waals surface area contributed by atoms with Gasteiger partial charge >= 0.3 is 0 Å². The maximum absolute atomic E-state index is 12.5. The first-order valence-corrected chi connectivity index (χ1v) is 10.2. The van der Waals surface area contributed by atoms with E-state index in [2.05, 4.69) is 5.32 Å². The van der Waals surface area contributed by atoms with Crippen LogP contribution < -0.4 is 10.1 Å². The Morgan fingerprint density at radius 3 is 2.62 bits per heavy atom. The summed E-state index contributed by atoms with van der Waals surface area (Å²) in [5, 5.41) is 15.1. The van der Waals surface area contributed by atoms with Crippen molar-refractivity contribution in [2.75, 3.05) is 6.61 Å². The fourth-order valence-electron chi connectivity index (χ4n) is 5.73. The molecule has 2 N–H and O–H groups in total. The second-order valence-electron chi connectivity index (χ2n) is 8.54. The number of rotatable bonds is 6. The maximum atomic E-state index is 12.5. The second kappa shape index (κ2) is 6.88. The molecule has 0 aromatic heterocycles. The Hall–Kier alpha value is -0.970. The zero-order chi connectivity index (χ0) is 18.4. The van der Waals surface area contributed by atoms with Crippen molar-refractivity contribution in [2.45, 2.75) is 62.5 Å². The molecule has 0 saturated heterocycles. The van der Waals surface area contributed by atoms with Gasteiger partial charge in [0.25, 0.3) is 0 Å². The third-order valence-corrected chi connectivity index (χ3v) is 6.66. The first-order valence-electron chi connectivity index (χ1n) is 9.46. The van der Waals surface area contributed by atoms with Crippen molar-refractivity contribution >= 4 is 29.1 Å². The van der Waals surface area contributed by atoms with Crippen molar-refractivity contribution in [3.63, 3.8) is 0 Å². The van der Waals surface area contributed by atoms with Crippen molar-refractivity contribution < 1.29 is 14.6 Å². The molecule has 4 saturated carbocycles. The fraction of sp³-hybridized carbons (Fsp3) is 0.650. The third-order valence-electron chi connectivity index (χ3n) is 6.13. The second-order valence-corrected chi connectivity index (χ2v) is 9.38. The van der Waals surface area contributed by atoms with Gasteiger partial charge in [0.05, 0.1) is 17.2 Å². The summed E-state index contributed by atoms with van der Waals surface area (Å²) in [6, 6.07) is 5.11. The first kappa shape index (κ1) is 18.4. The Labute approximate surface area is 164 Å². The highest BCUT2D eigenvalue weighted by atomic mass is 35.5. The number of hydrogen-bond acceptors (Lipinski definition) is 3. The molecule has 0 radical (unpaired) electrons. The molecule has 1 aromatic rings. The van der Waals surface area contributed by atoms with Crippen LogP contribution in [0.4, 0.5) is 0 Å². The van der Waals surface area contributed by atoms with Gasteiger partial charge in [-0.05, 0) is 75.0 Å². The Kier molecular flexibility index (Phi) is 4.87. The molecule has 4 aliphatic carbocycles. The summed E-state index contributed by atoms with van der Waals surface area (Å²) in [5.74, 6) is 1.77. The van der Waals surface area contributed by atoms with Crippen LogP contribution in [0.3, 0.4) is 0 Å². The quantitative estimate of drug-likeness (QED) is 0.701. The highest BCUT2D eigenvalue weighted by Gasteiger charge is 2.57. The van der Waals surface area contributed by atoms with E-state index in [9.17, 15) is 9.90 Å². The molecule has 5 rings (SSSR count). The van der Waals surface area contributed by atoms with Crippen LogP contribution in [0.15, 0.2) is 18.2 Å². The molecule has 0 aliphatic heterocycles. The number of ether oxygens (including phenoxy) is 1. The normalized spacial score (nSPS) is 34.7. The Bertz CT molecular complexity index is 694. The largest absolute Gasteiger partial charge is 0.492 e. The van der Waals surface area contributed by atoms with Crippen LogP contribution in [-0.4, -0.2) is 28.8 Å². The number of carbonyl (C=O) groups is 1. The van der Waals surface area contributed by atoms with E-state index in [1.807, 2.05) is 0 Å². The standard InChI is InChI=1S/C20H25Cl2NO3/c21-15-3-4-17(16(22)7-15)26-5-1-2-18(24)23-19-8-13-6-14(9-19)11-20(25,10-13)12-19/h3-4,7,13-14,25H,1-2,5-6,8-12H2,(H,23,24)/t13-,14+,19-,20-. The molecule has 4 bridgehead atoms. The van der Waals surface area contributed by atoms with Gasteiger partial charge in [0, 0.05) is 17.0 Å². The van der Waals surface area contributed by atoms with Crippen molar-refractivity contribution in [3.05, 3.63) is 28.2 Å². The summed E-state index contributed by atoms with van der Waals surface area (Å²) < 4.78 is 5.64. The van der Waals surface area contributed by atoms with Gasteiger partial charge in [0.2, 0.25) is 5.91 Å². The van der Waals surface area contributed by atoms with Gasteiger partial charge in [-0.1, -0.05) is 23.2 Å². The minimum absolute atomic E-state index is 0.0568. The Morgan fingerprint density at radius 2 is 1.96 bits per heavy atom. The van der Waals surface area contributed by atoms with Crippen LogP contribution in [0.25, 0.3) is 0 Å². The van der Waals surface area contributed by atoms with E-state index >= 15 is 0 Å². The number of halogens is 2. The Balaban J connectivity index is 1.26. The summed E-state index contributed by atoms with van der Waals surface area (Å²) in [6.07, 6.45) is 6.85. The predicted molar refractivity (Wildman–Crippen MR) is 102 cm³/mol. The zero-order valence-corrected chi connectivity index (χ0v) is 16.3. The molecule has 4 aliphatic rings. The lowest BCUT2D eigenvalue weighted by atomic mass is 9.51. The zero-order valence-electron chi connectivity index (χ0n) is 14.8. The monoisotopic (exact) mass is 397 g/mol. The Morgan fingerprint density at radius 1 is 1.23 bits per heavy atom. The highest BCUT2D eigenvalue weighted by molar-refractivity contribution is 6.35. The molecule has 1 aromatic carbocycles. The van der Waals surface area contributed by atoms with Crippen molar-refractivity contribution in [2.24, 2.45) is 11.8 Å². The maximum Gasteiger partial charge on any atom is 0.220 e. The summed E-state index contributed by atoms with van der Waals surface area (Å²) in [7, 11) is 0. The van der Waals surface area contributed by atoms with Gasteiger partial charge in [-0.2, -0.15) is 0 Å².